The van der Waals surface area contributed by atoms with Gasteiger partial charge in [-0.05, 0) is 172 Å². The highest BCUT2D eigenvalue weighted by atomic mass is 16.5. The van der Waals surface area contributed by atoms with Crippen molar-refractivity contribution in [3.63, 3.8) is 0 Å². The molecule has 0 amide bonds. The van der Waals surface area contributed by atoms with Crippen molar-refractivity contribution < 1.29 is 28.5 Å². The van der Waals surface area contributed by atoms with Gasteiger partial charge in [-0.1, -0.05) is 96.4 Å². The molecule has 2 aromatic rings. The van der Waals surface area contributed by atoms with Crippen molar-refractivity contribution in [3.8, 4) is 22.6 Å². The van der Waals surface area contributed by atoms with Crippen molar-refractivity contribution >= 4 is 11.9 Å². The molecule has 0 bridgehead atoms. The molecule has 0 radical (unpaired) electrons. The van der Waals surface area contributed by atoms with E-state index in [-0.39, 0.29) is 23.5 Å². The smallest absolute Gasteiger partial charge is 0.333 e. The molecule has 0 heterocycles. The summed E-state index contributed by atoms with van der Waals surface area (Å²) in [6.45, 7) is 19.5. The van der Waals surface area contributed by atoms with Gasteiger partial charge in [-0.25, -0.2) is 4.79 Å². The zero-order valence-electron chi connectivity index (χ0n) is 38.2. The van der Waals surface area contributed by atoms with E-state index in [1.54, 1.807) is 12.5 Å². The zero-order valence-corrected chi connectivity index (χ0v) is 38.2. The van der Waals surface area contributed by atoms with Gasteiger partial charge in [-0.3, -0.25) is 4.79 Å². The van der Waals surface area contributed by atoms with Gasteiger partial charge in [0.05, 0.1) is 19.8 Å². The maximum Gasteiger partial charge on any atom is 0.333 e. The summed E-state index contributed by atoms with van der Waals surface area (Å²) in [5, 5.41) is 0. The molecule has 0 spiro atoms. The summed E-state index contributed by atoms with van der Waals surface area (Å²) in [5.41, 5.74) is 5.07. The van der Waals surface area contributed by atoms with Crippen molar-refractivity contribution in [2.75, 3.05) is 19.8 Å². The molecular weight excluding hydrogens is 745 g/mol. The number of esters is 2. The Balaban J connectivity index is 0.851. The molecule has 3 fully saturated rings. The van der Waals surface area contributed by atoms with Gasteiger partial charge in [0.25, 0.3) is 0 Å². The number of carbonyl (C=O) groups excluding carboxylic acids is 2. The molecule has 0 aromatic heterocycles. The van der Waals surface area contributed by atoms with Crippen LogP contribution in [0.5, 0.6) is 11.5 Å². The molecule has 6 heteroatoms. The third-order valence-corrected chi connectivity index (χ3v) is 15.5. The first-order chi connectivity index (χ1) is 28.9. The van der Waals surface area contributed by atoms with Crippen molar-refractivity contribution in [1.82, 2.24) is 0 Å². The largest absolute Gasteiger partial charge is 0.494 e. The third-order valence-electron chi connectivity index (χ3n) is 15.5. The lowest BCUT2D eigenvalue weighted by molar-refractivity contribution is -0.151. The summed E-state index contributed by atoms with van der Waals surface area (Å²) in [6, 6.07) is 16.4. The fraction of sp³-hybridized carbons (Fsp3) is 0.667. The van der Waals surface area contributed by atoms with Crippen LogP contribution in [0.1, 0.15) is 157 Å². The number of hydrogen-bond acceptors (Lipinski definition) is 6. The fourth-order valence-electron chi connectivity index (χ4n) is 12.1. The first-order valence-corrected chi connectivity index (χ1v) is 24.0. The molecule has 3 saturated carbocycles. The Morgan fingerprint density at radius 3 is 2.00 bits per heavy atom. The topological polar surface area (TPSA) is 71.1 Å². The van der Waals surface area contributed by atoms with Crippen LogP contribution in [-0.4, -0.2) is 37.9 Å². The molecule has 0 aliphatic heterocycles. The standard InChI is InChI=1S/C54H78O6/c1-38(2)15-14-16-40(5)48-28-29-49-47-27-22-43-37-46(30-32-53(43,6)50(47)31-33-54(48,49)7)60-51(55)17-10-13-35-58-45-25-20-42(21-26-45)41-18-23-44(24-19-41)57-34-11-8-9-12-36-59-52(56)39(3)4/h18-26,38,40,46-50H,3,8-17,27-37H2,1-2,4-7H3/t40-,46+,47+,48-,49+,50+,53+,54-/m1/s1. The number of carbonyl (C=O) groups is 2. The average molecular weight is 823 g/mol. The SMILES string of the molecule is C=C(C)C(=O)OCCCCCCOc1ccc(-c2ccc(OCCCCC(=O)O[C@H]3CC[C@@]4(C)C(=CC[C@H]5[C@@H]6CC[C@H]([C@H](C)CCCC(C)C)[C@@]6(C)CC[C@@H]54)C3)cc2)cc1. The minimum atomic E-state index is -0.315. The average Bonchev–Trinajstić information content (AvgIpc) is 3.59. The van der Waals surface area contributed by atoms with Crippen LogP contribution in [-0.2, 0) is 19.1 Å². The summed E-state index contributed by atoms with van der Waals surface area (Å²) >= 11 is 0. The van der Waals surface area contributed by atoms with Crippen LogP contribution in [0.25, 0.3) is 11.1 Å². The third kappa shape index (κ3) is 11.7. The van der Waals surface area contributed by atoms with Crippen LogP contribution in [0.2, 0.25) is 0 Å². The summed E-state index contributed by atoms with van der Waals surface area (Å²) in [5.74, 6) is 6.39. The van der Waals surface area contributed by atoms with Gasteiger partial charge in [-0.15, -0.1) is 0 Å². The highest BCUT2D eigenvalue weighted by molar-refractivity contribution is 5.86. The van der Waals surface area contributed by atoms with Crippen LogP contribution in [0, 0.1) is 46.3 Å². The van der Waals surface area contributed by atoms with Crippen molar-refractivity contribution in [2.24, 2.45) is 46.3 Å². The van der Waals surface area contributed by atoms with Gasteiger partial charge in [0.2, 0.25) is 0 Å². The predicted octanol–water partition coefficient (Wildman–Crippen LogP) is 13.9. The van der Waals surface area contributed by atoms with Crippen molar-refractivity contribution in [2.45, 2.75) is 163 Å². The van der Waals surface area contributed by atoms with Gasteiger partial charge in [-0.2, -0.15) is 0 Å². The van der Waals surface area contributed by atoms with E-state index in [4.69, 9.17) is 18.9 Å². The number of fused-ring (bicyclic) bond motifs is 5. The van der Waals surface area contributed by atoms with E-state index >= 15 is 0 Å². The molecule has 8 atom stereocenters. The van der Waals surface area contributed by atoms with Crippen molar-refractivity contribution in [1.29, 1.82) is 0 Å². The van der Waals surface area contributed by atoms with E-state index in [1.807, 2.05) is 24.3 Å². The molecule has 4 aliphatic rings. The Kier molecular flexibility index (Phi) is 16.5. The Morgan fingerprint density at radius 1 is 0.733 bits per heavy atom. The molecule has 0 N–H and O–H groups in total. The quantitative estimate of drug-likeness (QED) is 0.0510. The van der Waals surface area contributed by atoms with Crippen LogP contribution in [0.4, 0.5) is 0 Å². The van der Waals surface area contributed by atoms with E-state index in [2.05, 4.69) is 71.5 Å². The van der Waals surface area contributed by atoms with E-state index in [1.165, 1.54) is 51.4 Å². The highest BCUT2D eigenvalue weighted by Gasteiger charge is 2.59. The Morgan fingerprint density at radius 2 is 1.37 bits per heavy atom. The van der Waals surface area contributed by atoms with Crippen LogP contribution >= 0.6 is 0 Å². The number of benzene rings is 2. The van der Waals surface area contributed by atoms with Gasteiger partial charge < -0.3 is 18.9 Å². The minimum Gasteiger partial charge on any atom is -0.494 e. The summed E-state index contributed by atoms with van der Waals surface area (Å²) in [7, 11) is 0. The molecule has 60 heavy (non-hydrogen) atoms. The second-order valence-corrected chi connectivity index (χ2v) is 20.2. The van der Waals surface area contributed by atoms with Gasteiger partial charge in [0.15, 0.2) is 0 Å². The lowest BCUT2D eigenvalue weighted by Crippen LogP contribution is -2.51. The molecule has 6 rings (SSSR count). The van der Waals surface area contributed by atoms with E-state index in [9.17, 15) is 9.59 Å². The van der Waals surface area contributed by atoms with Gasteiger partial charge in [0.1, 0.15) is 17.6 Å². The summed E-state index contributed by atoms with van der Waals surface area (Å²) in [4.78, 5) is 24.4. The molecule has 4 aliphatic carbocycles. The molecule has 0 unspecified atom stereocenters. The molecule has 0 saturated heterocycles. The van der Waals surface area contributed by atoms with Crippen LogP contribution < -0.4 is 9.47 Å². The first-order valence-electron chi connectivity index (χ1n) is 24.0. The van der Waals surface area contributed by atoms with Gasteiger partial charge >= 0.3 is 11.9 Å². The highest BCUT2D eigenvalue weighted by Crippen LogP contribution is 2.67. The maximum atomic E-state index is 13.0. The molecule has 2 aromatic carbocycles. The molecule has 6 nitrogen and oxygen atoms in total. The van der Waals surface area contributed by atoms with E-state index in [0.717, 1.165) is 116 Å². The van der Waals surface area contributed by atoms with E-state index < -0.39 is 0 Å². The fourth-order valence-corrected chi connectivity index (χ4v) is 12.1. The second-order valence-electron chi connectivity index (χ2n) is 20.2. The number of allylic oxidation sites excluding steroid dienone is 1. The lowest BCUT2D eigenvalue weighted by Gasteiger charge is -2.58. The maximum absolute atomic E-state index is 13.0. The Bertz CT molecular complexity index is 1720. The monoisotopic (exact) mass is 823 g/mol. The molecule has 330 valence electrons. The van der Waals surface area contributed by atoms with E-state index in [0.29, 0.717) is 37.2 Å². The Hall–Kier alpha value is -3.54. The normalized spacial score (nSPS) is 27.5. The van der Waals surface area contributed by atoms with Crippen LogP contribution in [0.15, 0.2) is 72.3 Å². The first kappa shape index (κ1) is 46.0. The zero-order chi connectivity index (χ0) is 42.7. The van der Waals surface area contributed by atoms with Crippen molar-refractivity contribution in [3.05, 3.63) is 72.3 Å². The minimum absolute atomic E-state index is 0.0252. The summed E-state index contributed by atoms with van der Waals surface area (Å²) < 4.78 is 23.2. The van der Waals surface area contributed by atoms with Crippen LogP contribution in [0.3, 0.4) is 0 Å². The Labute approximate surface area is 363 Å². The number of hydrogen-bond donors (Lipinski definition) is 0. The number of unbranched alkanes of at least 4 members (excludes halogenated alkanes) is 4. The second kappa shape index (κ2) is 21.5. The summed E-state index contributed by atoms with van der Waals surface area (Å²) in [6.07, 6.45) is 22.7. The number of rotatable bonds is 22. The van der Waals surface area contributed by atoms with Gasteiger partial charge in [0, 0.05) is 18.4 Å². The molecular formula is C54H78O6. The number of ether oxygens (including phenoxy) is 4. The lowest BCUT2D eigenvalue weighted by atomic mass is 9.47. The predicted molar refractivity (Wildman–Crippen MR) is 244 cm³/mol.